The number of nitriles is 1. The zero-order chi connectivity index (χ0) is 23.3. The normalized spacial score (nSPS) is 15.6. The molecule has 0 aliphatic carbocycles. The molecule has 1 fully saturated rings. The summed E-state index contributed by atoms with van der Waals surface area (Å²) in [7, 11) is 1.62. The van der Waals surface area contributed by atoms with Gasteiger partial charge in [-0.15, -0.1) is 0 Å². The second-order valence-electron chi connectivity index (χ2n) is 7.99. The Morgan fingerprint density at radius 1 is 1.21 bits per heavy atom. The van der Waals surface area contributed by atoms with Crippen LogP contribution in [-0.2, 0) is 0 Å². The average molecular weight is 453 g/mol. The van der Waals surface area contributed by atoms with Crippen molar-refractivity contribution in [2.75, 3.05) is 37.0 Å². The second kappa shape index (κ2) is 9.68. The van der Waals surface area contributed by atoms with E-state index in [2.05, 4.69) is 31.6 Å². The maximum absolute atomic E-state index is 9.18. The predicted octanol–water partition coefficient (Wildman–Crippen LogP) is 3.53. The Morgan fingerprint density at radius 2 is 2.09 bits per heavy atom. The molecule has 1 aliphatic rings. The first kappa shape index (κ1) is 21.6. The quantitative estimate of drug-likeness (QED) is 0.454. The van der Waals surface area contributed by atoms with E-state index in [1.165, 1.54) is 0 Å². The van der Waals surface area contributed by atoms with Crippen molar-refractivity contribution in [1.82, 2.24) is 25.3 Å². The topological polar surface area (TPSA) is 112 Å². The summed E-state index contributed by atoms with van der Waals surface area (Å²) in [6, 6.07) is 16.0. The summed E-state index contributed by atoms with van der Waals surface area (Å²) in [4.78, 5) is 20.7. The smallest absolute Gasteiger partial charge is 0.162 e. The molecule has 0 amide bonds. The van der Waals surface area contributed by atoms with Crippen LogP contribution in [0.1, 0.15) is 6.42 Å². The predicted molar refractivity (Wildman–Crippen MR) is 131 cm³/mol. The van der Waals surface area contributed by atoms with Gasteiger partial charge in [-0.25, -0.2) is 15.0 Å². The van der Waals surface area contributed by atoms with Gasteiger partial charge in [0.1, 0.15) is 17.4 Å². The molecule has 0 spiro atoms. The fraction of sp³-hybridized carbons (Fsp3) is 0.240. The molecule has 9 heteroatoms. The third kappa shape index (κ3) is 4.44. The molecule has 0 saturated carbocycles. The first-order valence-electron chi connectivity index (χ1n) is 11.1. The molecular formula is C25H24N8O. The number of hydrogen-bond donors (Lipinski definition) is 2. The van der Waals surface area contributed by atoms with Crippen molar-refractivity contribution in [1.29, 1.82) is 5.26 Å². The van der Waals surface area contributed by atoms with Gasteiger partial charge in [-0.2, -0.15) is 5.26 Å². The molecule has 0 bridgehead atoms. The van der Waals surface area contributed by atoms with Crippen LogP contribution < -0.4 is 20.3 Å². The van der Waals surface area contributed by atoms with Crippen LogP contribution >= 0.6 is 0 Å². The number of methoxy groups -OCH3 is 1. The van der Waals surface area contributed by atoms with Crippen LogP contribution in [0.3, 0.4) is 0 Å². The SMILES string of the molecule is COc1cncc2nc(-c3ccnc(Nc4ccccc4)c3)nc(N3CCN[C@@H](CC#N)C3)c12. The highest BCUT2D eigenvalue weighted by Gasteiger charge is 2.24. The molecule has 1 saturated heterocycles. The third-order valence-corrected chi connectivity index (χ3v) is 5.73. The highest BCUT2D eigenvalue weighted by atomic mass is 16.5. The summed E-state index contributed by atoms with van der Waals surface area (Å²) in [5, 5.41) is 16.7. The van der Waals surface area contributed by atoms with Crippen molar-refractivity contribution in [2.24, 2.45) is 0 Å². The van der Waals surface area contributed by atoms with Gasteiger partial charge in [-0.3, -0.25) is 4.98 Å². The summed E-state index contributed by atoms with van der Waals surface area (Å²) in [5.41, 5.74) is 2.48. The van der Waals surface area contributed by atoms with E-state index >= 15 is 0 Å². The van der Waals surface area contributed by atoms with E-state index in [4.69, 9.17) is 14.7 Å². The number of rotatable bonds is 6. The fourth-order valence-electron chi connectivity index (χ4n) is 4.12. The Balaban J connectivity index is 1.58. The van der Waals surface area contributed by atoms with Gasteiger partial charge in [-0.05, 0) is 24.3 Å². The lowest BCUT2D eigenvalue weighted by Crippen LogP contribution is -2.51. The lowest BCUT2D eigenvalue weighted by atomic mass is 10.1. The second-order valence-corrected chi connectivity index (χ2v) is 7.99. The number of nitrogens with one attached hydrogen (secondary N) is 2. The number of anilines is 3. The lowest BCUT2D eigenvalue weighted by Gasteiger charge is -2.34. The van der Waals surface area contributed by atoms with E-state index in [0.717, 1.165) is 35.5 Å². The van der Waals surface area contributed by atoms with Gasteiger partial charge in [0.15, 0.2) is 5.82 Å². The van der Waals surface area contributed by atoms with Crippen LogP contribution in [0.25, 0.3) is 22.3 Å². The molecule has 2 N–H and O–H groups in total. The van der Waals surface area contributed by atoms with Crippen LogP contribution in [0.2, 0.25) is 0 Å². The highest BCUT2D eigenvalue weighted by molar-refractivity contribution is 5.95. The van der Waals surface area contributed by atoms with Gasteiger partial charge in [0, 0.05) is 43.1 Å². The number of benzene rings is 1. The van der Waals surface area contributed by atoms with E-state index in [9.17, 15) is 5.26 Å². The Bertz CT molecular complexity index is 1340. The molecule has 5 rings (SSSR count). The molecule has 4 aromatic rings. The minimum Gasteiger partial charge on any atom is -0.494 e. The van der Waals surface area contributed by atoms with Crippen molar-refractivity contribution in [3.8, 4) is 23.2 Å². The van der Waals surface area contributed by atoms with Crippen molar-refractivity contribution >= 4 is 28.2 Å². The van der Waals surface area contributed by atoms with Crippen LogP contribution in [0.4, 0.5) is 17.3 Å². The zero-order valence-corrected chi connectivity index (χ0v) is 18.8. The average Bonchev–Trinajstić information content (AvgIpc) is 2.89. The standard InChI is InChI=1S/C25H24N8O/c1-34-21-15-27-14-20-23(21)25(33-12-11-28-19(16-33)7-9-26)32-24(31-20)17-8-10-29-22(13-17)30-18-5-3-2-4-6-18/h2-6,8,10,13-15,19,28H,7,11-12,16H2,1H3,(H,29,30)/t19-/m0/s1. The Kier molecular flexibility index (Phi) is 6.14. The van der Waals surface area contributed by atoms with Gasteiger partial charge < -0.3 is 20.3 Å². The molecular weight excluding hydrogens is 428 g/mol. The first-order valence-corrected chi connectivity index (χ1v) is 11.1. The highest BCUT2D eigenvalue weighted by Crippen LogP contribution is 2.34. The Labute approximate surface area is 197 Å². The lowest BCUT2D eigenvalue weighted by molar-refractivity contribution is 0.417. The number of pyridine rings is 2. The molecule has 1 aliphatic heterocycles. The van der Waals surface area contributed by atoms with Gasteiger partial charge in [0.2, 0.25) is 0 Å². The van der Waals surface area contributed by atoms with Crippen LogP contribution in [0, 0.1) is 11.3 Å². The summed E-state index contributed by atoms with van der Waals surface area (Å²) in [6.45, 7) is 2.19. The molecule has 34 heavy (non-hydrogen) atoms. The van der Waals surface area contributed by atoms with Crippen molar-refractivity contribution in [3.05, 3.63) is 61.1 Å². The molecule has 1 aromatic carbocycles. The van der Waals surface area contributed by atoms with Crippen molar-refractivity contribution in [3.63, 3.8) is 0 Å². The monoisotopic (exact) mass is 452 g/mol. The number of nitrogens with zero attached hydrogens (tertiary/aromatic N) is 6. The van der Waals surface area contributed by atoms with E-state index in [-0.39, 0.29) is 6.04 Å². The van der Waals surface area contributed by atoms with Gasteiger partial charge in [-0.1, -0.05) is 18.2 Å². The maximum Gasteiger partial charge on any atom is 0.162 e. The number of para-hydroxylation sites is 1. The number of ether oxygens (including phenoxy) is 1. The number of fused-ring (bicyclic) bond motifs is 1. The van der Waals surface area contributed by atoms with Crippen LogP contribution in [-0.4, -0.2) is 52.7 Å². The molecule has 4 heterocycles. The molecule has 1 atom stereocenters. The van der Waals surface area contributed by atoms with Gasteiger partial charge >= 0.3 is 0 Å². The van der Waals surface area contributed by atoms with Crippen LogP contribution in [0.15, 0.2) is 61.1 Å². The van der Waals surface area contributed by atoms with Gasteiger partial charge in [0.05, 0.1) is 42.9 Å². The minimum atomic E-state index is 0.0719. The molecule has 9 nitrogen and oxygen atoms in total. The zero-order valence-electron chi connectivity index (χ0n) is 18.8. The van der Waals surface area contributed by atoms with Gasteiger partial charge in [0.25, 0.3) is 0 Å². The maximum atomic E-state index is 9.18. The molecule has 0 radical (unpaired) electrons. The number of aromatic nitrogens is 4. The summed E-state index contributed by atoms with van der Waals surface area (Å²) >= 11 is 0. The summed E-state index contributed by atoms with van der Waals surface area (Å²) in [6.07, 6.45) is 5.58. The minimum absolute atomic E-state index is 0.0719. The number of piperazine rings is 1. The largest absolute Gasteiger partial charge is 0.494 e. The fourth-order valence-corrected chi connectivity index (χ4v) is 4.12. The molecule has 0 unspecified atom stereocenters. The molecule has 170 valence electrons. The molecule has 3 aromatic heterocycles. The summed E-state index contributed by atoms with van der Waals surface area (Å²) in [5.74, 6) is 2.68. The Hall–Kier alpha value is -4.29. The van der Waals surface area contributed by atoms with Crippen molar-refractivity contribution in [2.45, 2.75) is 12.5 Å². The number of hydrogen-bond acceptors (Lipinski definition) is 9. The van der Waals surface area contributed by atoms with E-state index in [0.29, 0.717) is 35.9 Å². The third-order valence-electron chi connectivity index (χ3n) is 5.73. The van der Waals surface area contributed by atoms with E-state index in [1.54, 1.807) is 25.7 Å². The first-order chi connectivity index (χ1) is 16.7. The Morgan fingerprint density at radius 3 is 2.91 bits per heavy atom. The van der Waals surface area contributed by atoms with Crippen LogP contribution in [0.5, 0.6) is 5.75 Å². The van der Waals surface area contributed by atoms with E-state index < -0.39 is 0 Å². The summed E-state index contributed by atoms with van der Waals surface area (Å²) < 4.78 is 5.61. The van der Waals surface area contributed by atoms with E-state index in [1.807, 2.05) is 42.5 Å². The van der Waals surface area contributed by atoms with Crippen molar-refractivity contribution < 1.29 is 4.74 Å².